The number of aromatic nitrogens is 5. The number of rotatable bonds is 5. The van der Waals surface area contributed by atoms with Gasteiger partial charge in [0.05, 0.1) is 11.0 Å². The summed E-state index contributed by atoms with van der Waals surface area (Å²) in [6.45, 7) is 6.73. The van der Waals surface area contributed by atoms with Crippen LogP contribution in [0.2, 0.25) is 0 Å². The van der Waals surface area contributed by atoms with Gasteiger partial charge in [-0.25, -0.2) is 4.98 Å². The molecule has 0 saturated carbocycles. The second-order valence-electron chi connectivity index (χ2n) is 7.09. The summed E-state index contributed by atoms with van der Waals surface area (Å²) in [6.07, 6.45) is 4.29. The van der Waals surface area contributed by atoms with E-state index in [-0.39, 0.29) is 11.9 Å². The molecule has 0 aliphatic heterocycles. The third-order valence-corrected chi connectivity index (χ3v) is 4.77. The van der Waals surface area contributed by atoms with Crippen LogP contribution >= 0.6 is 0 Å². The molecule has 0 unspecified atom stereocenters. The van der Waals surface area contributed by atoms with Crippen molar-refractivity contribution in [3.05, 3.63) is 59.7 Å². The van der Waals surface area contributed by atoms with Gasteiger partial charge in [0.25, 0.3) is 5.91 Å². The lowest BCUT2D eigenvalue weighted by Crippen LogP contribution is -2.25. The first-order valence-electron chi connectivity index (χ1n) is 9.36. The Morgan fingerprint density at radius 3 is 2.82 bits per heavy atom. The summed E-state index contributed by atoms with van der Waals surface area (Å²) < 4.78 is 2.14. The zero-order chi connectivity index (χ0) is 19.7. The van der Waals surface area contributed by atoms with Gasteiger partial charge in [-0.05, 0) is 57.0 Å². The number of carbonyl (C=O) groups is 1. The summed E-state index contributed by atoms with van der Waals surface area (Å²) in [4.78, 5) is 21.3. The number of hydrogen-bond acceptors (Lipinski definition) is 5. The van der Waals surface area contributed by atoms with Gasteiger partial charge in [-0.15, -0.1) is 10.2 Å². The molecule has 142 valence electrons. The fourth-order valence-corrected chi connectivity index (χ4v) is 3.51. The van der Waals surface area contributed by atoms with E-state index in [0.717, 1.165) is 34.2 Å². The van der Waals surface area contributed by atoms with Gasteiger partial charge < -0.3 is 9.88 Å². The number of nitrogens with one attached hydrogen (secondary N) is 1. The highest BCUT2D eigenvalue weighted by Gasteiger charge is 2.16. The van der Waals surface area contributed by atoms with Gasteiger partial charge in [0.1, 0.15) is 5.82 Å². The summed E-state index contributed by atoms with van der Waals surface area (Å²) in [5.41, 5.74) is 3.97. The van der Waals surface area contributed by atoms with Crippen LogP contribution in [0.25, 0.3) is 22.1 Å². The molecular weight excluding hydrogens is 352 g/mol. The third kappa shape index (κ3) is 3.31. The van der Waals surface area contributed by atoms with Crippen LogP contribution in [0.4, 0.5) is 0 Å². The van der Waals surface area contributed by atoms with Crippen molar-refractivity contribution >= 4 is 28.0 Å². The van der Waals surface area contributed by atoms with E-state index in [0.29, 0.717) is 17.8 Å². The Bertz CT molecular complexity index is 1150. The maximum Gasteiger partial charge on any atom is 0.251 e. The molecule has 28 heavy (non-hydrogen) atoms. The number of aryl methyl sites for hydroxylation is 1. The zero-order valence-corrected chi connectivity index (χ0v) is 16.2. The van der Waals surface area contributed by atoms with E-state index in [2.05, 4.69) is 43.9 Å². The van der Waals surface area contributed by atoms with Crippen LogP contribution in [0, 0.1) is 6.92 Å². The number of pyridine rings is 1. The van der Waals surface area contributed by atoms with Crippen molar-refractivity contribution in [2.75, 3.05) is 6.54 Å². The number of nitrogens with zero attached hydrogens (tertiary/aromatic N) is 5. The van der Waals surface area contributed by atoms with Gasteiger partial charge in [-0.3, -0.25) is 9.78 Å². The average Bonchev–Trinajstić information content (AvgIpc) is 3.05. The molecule has 4 aromatic rings. The minimum atomic E-state index is -0.108. The number of hydrogen-bond donors (Lipinski definition) is 1. The molecule has 1 N–H and O–H groups in total. The SMILES string of the molecule is Cc1nc2nnc3ccc(C(=O)NCCc4cccnc4)cc3c2n1C(C)C. The van der Waals surface area contributed by atoms with E-state index in [1.807, 2.05) is 37.4 Å². The number of carbonyl (C=O) groups excluding carboxylic acids is 1. The Morgan fingerprint density at radius 1 is 1.21 bits per heavy atom. The first kappa shape index (κ1) is 18.0. The van der Waals surface area contributed by atoms with Crippen LogP contribution < -0.4 is 5.32 Å². The van der Waals surface area contributed by atoms with Crippen molar-refractivity contribution in [2.24, 2.45) is 0 Å². The molecule has 1 amide bonds. The van der Waals surface area contributed by atoms with Crippen molar-refractivity contribution in [2.45, 2.75) is 33.2 Å². The number of amides is 1. The van der Waals surface area contributed by atoms with E-state index in [4.69, 9.17) is 0 Å². The zero-order valence-electron chi connectivity index (χ0n) is 16.2. The second kappa shape index (κ2) is 7.34. The van der Waals surface area contributed by atoms with Crippen LogP contribution in [0.15, 0.2) is 42.7 Å². The summed E-state index contributed by atoms with van der Waals surface area (Å²) >= 11 is 0. The molecule has 3 heterocycles. The maximum atomic E-state index is 12.7. The molecular formula is C21H22N6O. The molecule has 0 aliphatic carbocycles. The van der Waals surface area contributed by atoms with Crippen LogP contribution in [0.5, 0.6) is 0 Å². The van der Waals surface area contributed by atoms with Crippen molar-refractivity contribution in [1.82, 2.24) is 30.0 Å². The normalized spacial score (nSPS) is 11.4. The molecule has 0 radical (unpaired) electrons. The highest BCUT2D eigenvalue weighted by atomic mass is 16.1. The minimum Gasteiger partial charge on any atom is -0.352 e. The van der Waals surface area contributed by atoms with Gasteiger partial charge in [0.15, 0.2) is 0 Å². The average molecular weight is 374 g/mol. The topological polar surface area (TPSA) is 85.6 Å². The molecule has 7 nitrogen and oxygen atoms in total. The van der Waals surface area contributed by atoms with E-state index in [1.165, 1.54) is 0 Å². The van der Waals surface area contributed by atoms with E-state index in [1.54, 1.807) is 12.3 Å². The van der Waals surface area contributed by atoms with Gasteiger partial charge >= 0.3 is 0 Å². The largest absolute Gasteiger partial charge is 0.352 e. The lowest BCUT2D eigenvalue weighted by Gasteiger charge is -2.12. The first-order valence-corrected chi connectivity index (χ1v) is 9.36. The quantitative estimate of drug-likeness (QED) is 0.580. The minimum absolute atomic E-state index is 0.108. The Balaban J connectivity index is 1.64. The number of fused-ring (bicyclic) bond motifs is 3. The summed E-state index contributed by atoms with van der Waals surface area (Å²) in [5.74, 6) is 0.779. The molecule has 0 saturated heterocycles. The smallest absolute Gasteiger partial charge is 0.251 e. The van der Waals surface area contributed by atoms with Crippen LogP contribution in [-0.4, -0.2) is 37.2 Å². The maximum absolute atomic E-state index is 12.7. The predicted octanol–water partition coefficient (Wildman–Crippen LogP) is 3.24. The first-order chi connectivity index (χ1) is 13.5. The van der Waals surface area contributed by atoms with Gasteiger partial charge in [-0.2, -0.15) is 0 Å². The van der Waals surface area contributed by atoms with Crippen LogP contribution in [0.1, 0.15) is 41.6 Å². The monoisotopic (exact) mass is 374 g/mol. The van der Waals surface area contributed by atoms with E-state index in [9.17, 15) is 4.79 Å². The second-order valence-corrected chi connectivity index (χ2v) is 7.09. The molecule has 0 fully saturated rings. The molecule has 1 aromatic carbocycles. The summed E-state index contributed by atoms with van der Waals surface area (Å²) in [6, 6.07) is 9.63. The molecule has 0 bridgehead atoms. The van der Waals surface area contributed by atoms with Gasteiger partial charge in [-0.1, -0.05) is 6.07 Å². The predicted molar refractivity (Wildman–Crippen MR) is 108 cm³/mol. The number of imidazole rings is 1. The Hall–Kier alpha value is -3.35. The summed E-state index contributed by atoms with van der Waals surface area (Å²) in [7, 11) is 0. The Kier molecular flexibility index (Phi) is 4.73. The van der Waals surface area contributed by atoms with E-state index < -0.39 is 0 Å². The van der Waals surface area contributed by atoms with Crippen molar-refractivity contribution in [1.29, 1.82) is 0 Å². The van der Waals surface area contributed by atoms with Crippen molar-refractivity contribution < 1.29 is 4.79 Å². The molecule has 3 aromatic heterocycles. The molecule has 0 atom stereocenters. The van der Waals surface area contributed by atoms with Crippen LogP contribution in [0.3, 0.4) is 0 Å². The van der Waals surface area contributed by atoms with Crippen LogP contribution in [-0.2, 0) is 6.42 Å². The highest BCUT2D eigenvalue weighted by Crippen LogP contribution is 2.26. The molecule has 7 heteroatoms. The third-order valence-electron chi connectivity index (χ3n) is 4.77. The van der Waals surface area contributed by atoms with Gasteiger partial charge in [0.2, 0.25) is 5.65 Å². The van der Waals surface area contributed by atoms with E-state index >= 15 is 0 Å². The molecule has 0 aliphatic rings. The standard InChI is InChI=1S/C21H22N6O/c1-13(2)27-14(3)24-20-19(27)17-11-16(6-7-18(17)25-26-20)21(28)23-10-8-15-5-4-9-22-12-15/h4-7,9,11-13H,8,10H2,1-3H3,(H,23,28). The lowest BCUT2D eigenvalue weighted by atomic mass is 10.1. The highest BCUT2D eigenvalue weighted by molar-refractivity contribution is 6.05. The van der Waals surface area contributed by atoms with Crippen molar-refractivity contribution in [3.63, 3.8) is 0 Å². The van der Waals surface area contributed by atoms with Gasteiger partial charge in [0, 0.05) is 35.9 Å². The molecule has 0 spiro atoms. The Morgan fingerprint density at radius 2 is 2.07 bits per heavy atom. The molecule has 4 rings (SSSR count). The summed E-state index contributed by atoms with van der Waals surface area (Å²) in [5, 5.41) is 12.4. The Labute approximate surface area is 162 Å². The number of benzene rings is 1. The van der Waals surface area contributed by atoms with Crippen molar-refractivity contribution in [3.8, 4) is 0 Å². The lowest BCUT2D eigenvalue weighted by molar-refractivity contribution is 0.0954. The fraction of sp³-hybridized carbons (Fsp3) is 0.286. The fourth-order valence-electron chi connectivity index (χ4n) is 3.51.